The highest BCUT2D eigenvalue weighted by molar-refractivity contribution is 4.90. The van der Waals surface area contributed by atoms with E-state index < -0.39 is 0 Å². The van der Waals surface area contributed by atoms with Crippen LogP contribution in [0.5, 0.6) is 0 Å². The highest BCUT2D eigenvalue weighted by Gasteiger charge is 2.26. The largest absolute Gasteiger partial charge is 0.396 e. The number of likely N-dealkylation sites (tertiary alicyclic amines) is 1. The molecule has 0 saturated carbocycles. The lowest BCUT2D eigenvalue weighted by Gasteiger charge is -2.37. The fourth-order valence-corrected chi connectivity index (χ4v) is 3.03. The summed E-state index contributed by atoms with van der Waals surface area (Å²) in [6, 6.07) is 0. The molecule has 18 heavy (non-hydrogen) atoms. The molecule has 1 saturated heterocycles. The minimum atomic E-state index is 0.325. The second-order valence-corrected chi connectivity index (χ2v) is 5.68. The first-order valence-corrected chi connectivity index (χ1v) is 7.77. The van der Waals surface area contributed by atoms with Gasteiger partial charge in [0.15, 0.2) is 0 Å². The third-order valence-electron chi connectivity index (χ3n) is 4.27. The summed E-state index contributed by atoms with van der Waals surface area (Å²) in [5.74, 6) is 1.24. The van der Waals surface area contributed by atoms with Crippen molar-refractivity contribution in [2.45, 2.75) is 51.9 Å². The van der Waals surface area contributed by atoms with E-state index in [-0.39, 0.29) is 0 Å². The van der Waals surface area contributed by atoms with E-state index in [0.717, 1.165) is 13.0 Å². The second-order valence-electron chi connectivity index (χ2n) is 5.68. The maximum Gasteiger partial charge on any atom is 0.0433 e. The van der Waals surface area contributed by atoms with Crippen molar-refractivity contribution in [3.05, 3.63) is 12.7 Å². The highest BCUT2D eigenvalue weighted by Crippen LogP contribution is 2.27. The molecule has 0 aromatic carbocycles. The van der Waals surface area contributed by atoms with Crippen molar-refractivity contribution >= 4 is 0 Å². The third kappa shape index (κ3) is 5.53. The van der Waals surface area contributed by atoms with Gasteiger partial charge < -0.3 is 10.0 Å². The molecule has 0 bridgehead atoms. The number of piperidine rings is 1. The van der Waals surface area contributed by atoms with Crippen LogP contribution in [0, 0.1) is 11.8 Å². The van der Waals surface area contributed by atoms with Crippen molar-refractivity contribution in [1.82, 2.24) is 4.90 Å². The number of hydrogen-bond acceptors (Lipinski definition) is 2. The van der Waals surface area contributed by atoms with Crippen LogP contribution >= 0.6 is 0 Å². The first kappa shape index (κ1) is 15.7. The van der Waals surface area contributed by atoms with E-state index in [1.807, 2.05) is 0 Å². The Morgan fingerprint density at radius 3 is 2.72 bits per heavy atom. The fourth-order valence-electron chi connectivity index (χ4n) is 3.03. The predicted molar refractivity (Wildman–Crippen MR) is 78.7 cm³/mol. The average Bonchev–Trinajstić information content (AvgIpc) is 2.40. The van der Waals surface area contributed by atoms with Gasteiger partial charge in [-0.1, -0.05) is 38.7 Å². The maximum absolute atomic E-state index is 9.07. The molecule has 0 unspecified atom stereocenters. The molecule has 1 heterocycles. The molecule has 0 aliphatic carbocycles. The highest BCUT2D eigenvalue weighted by atomic mass is 16.3. The van der Waals surface area contributed by atoms with Crippen molar-refractivity contribution in [2.75, 3.05) is 26.2 Å². The molecule has 1 N–H and O–H groups in total. The molecule has 0 spiro atoms. The zero-order chi connectivity index (χ0) is 13.2. The van der Waals surface area contributed by atoms with Gasteiger partial charge in [0.1, 0.15) is 0 Å². The SMILES string of the molecule is C=C[C@H]1CN(CCCCCCC)CC[C@H]1CCO. The number of hydrogen-bond donors (Lipinski definition) is 1. The van der Waals surface area contributed by atoms with E-state index in [0.29, 0.717) is 18.4 Å². The zero-order valence-corrected chi connectivity index (χ0v) is 12.1. The number of aliphatic hydroxyl groups is 1. The third-order valence-corrected chi connectivity index (χ3v) is 4.27. The van der Waals surface area contributed by atoms with Gasteiger partial charge in [0.2, 0.25) is 0 Å². The molecular weight excluding hydrogens is 222 g/mol. The molecule has 2 nitrogen and oxygen atoms in total. The zero-order valence-electron chi connectivity index (χ0n) is 12.1. The summed E-state index contributed by atoms with van der Waals surface area (Å²) in [4.78, 5) is 2.59. The second kappa shape index (κ2) is 9.57. The van der Waals surface area contributed by atoms with Gasteiger partial charge in [-0.05, 0) is 44.2 Å². The van der Waals surface area contributed by atoms with Crippen LogP contribution in [0.3, 0.4) is 0 Å². The molecular formula is C16H31NO. The summed E-state index contributed by atoms with van der Waals surface area (Å²) in [5, 5.41) is 9.07. The fraction of sp³-hybridized carbons (Fsp3) is 0.875. The van der Waals surface area contributed by atoms with Crippen LogP contribution < -0.4 is 0 Å². The van der Waals surface area contributed by atoms with Crippen molar-refractivity contribution < 1.29 is 5.11 Å². The lowest BCUT2D eigenvalue weighted by Crippen LogP contribution is -2.40. The summed E-state index contributed by atoms with van der Waals surface area (Å²) in [5.41, 5.74) is 0. The van der Waals surface area contributed by atoms with E-state index in [1.54, 1.807) is 0 Å². The molecule has 1 fully saturated rings. The Morgan fingerprint density at radius 2 is 2.06 bits per heavy atom. The summed E-state index contributed by atoms with van der Waals surface area (Å²) in [7, 11) is 0. The smallest absolute Gasteiger partial charge is 0.0433 e. The van der Waals surface area contributed by atoms with Gasteiger partial charge in [0.25, 0.3) is 0 Å². The number of rotatable bonds is 9. The Labute approximate surface area is 113 Å². The topological polar surface area (TPSA) is 23.5 Å². The summed E-state index contributed by atoms with van der Waals surface area (Å²) < 4.78 is 0. The lowest BCUT2D eigenvalue weighted by molar-refractivity contribution is 0.121. The van der Waals surface area contributed by atoms with E-state index in [1.165, 1.54) is 51.6 Å². The molecule has 1 aliphatic rings. The summed E-state index contributed by atoms with van der Waals surface area (Å²) >= 11 is 0. The van der Waals surface area contributed by atoms with E-state index in [4.69, 9.17) is 5.11 Å². The molecule has 0 radical (unpaired) electrons. The van der Waals surface area contributed by atoms with E-state index >= 15 is 0 Å². The van der Waals surface area contributed by atoms with Crippen LogP contribution in [0.4, 0.5) is 0 Å². The quantitative estimate of drug-likeness (QED) is 0.502. The maximum atomic E-state index is 9.07. The minimum Gasteiger partial charge on any atom is -0.396 e. The van der Waals surface area contributed by atoms with Gasteiger partial charge >= 0.3 is 0 Å². The Morgan fingerprint density at radius 1 is 1.28 bits per heavy atom. The molecule has 2 atom stereocenters. The Kier molecular flexibility index (Phi) is 8.36. The van der Waals surface area contributed by atoms with Crippen LogP contribution in [-0.2, 0) is 0 Å². The minimum absolute atomic E-state index is 0.325. The summed E-state index contributed by atoms with van der Waals surface area (Å²) in [6.45, 7) is 10.2. The van der Waals surface area contributed by atoms with Gasteiger partial charge in [-0.2, -0.15) is 0 Å². The number of aliphatic hydroxyl groups excluding tert-OH is 1. The number of nitrogens with zero attached hydrogens (tertiary/aromatic N) is 1. The standard InChI is InChI=1S/C16H31NO/c1-3-5-6-7-8-11-17-12-9-16(10-13-18)15(4-2)14-17/h4,15-16,18H,2-3,5-14H2,1H3/t15-,16-/m0/s1. The van der Waals surface area contributed by atoms with Crippen molar-refractivity contribution in [2.24, 2.45) is 11.8 Å². The Hall–Kier alpha value is -0.340. The Bertz CT molecular complexity index is 217. The lowest BCUT2D eigenvalue weighted by atomic mass is 9.83. The summed E-state index contributed by atoms with van der Waals surface area (Å²) in [6.07, 6.45) is 11.1. The molecule has 2 heteroatoms. The predicted octanol–water partition coefficient (Wildman–Crippen LogP) is 3.46. The van der Waals surface area contributed by atoms with Gasteiger partial charge in [-0.3, -0.25) is 0 Å². The molecule has 0 amide bonds. The van der Waals surface area contributed by atoms with Crippen LogP contribution in [0.1, 0.15) is 51.9 Å². The number of unbranched alkanes of at least 4 members (excludes halogenated alkanes) is 4. The van der Waals surface area contributed by atoms with Crippen molar-refractivity contribution in [3.63, 3.8) is 0 Å². The monoisotopic (exact) mass is 253 g/mol. The molecule has 1 rings (SSSR count). The van der Waals surface area contributed by atoms with Crippen LogP contribution in [0.2, 0.25) is 0 Å². The van der Waals surface area contributed by atoms with Gasteiger partial charge in [0, 0.05) is 13.2 Å². The Balaban J connectivity index is 2.19. The molecule has 0 aromatic heterocycles. The molecule has 0 aromatic rings. The molecule has 106 valence electrons. The van der Waals surface area contributed by atoms with Crippen LogP contribution in [-0.4, -0.2) is 36.2 Å². The van der Waals surface area contributed by atoms with Gasteiger partial charge in [-0.25, -0.2) is 0 Å². The molecule has 1 aliphatic heterocycles. The normalized spacial score (nSPS) is 25.2. The first-order valence-electron chi connectivity index (χ1n) is 7.77. The van der Waals surface area contributed by atoms with Gasteiger partial charge in [0.05, 0.1) is 0 Å². The van der Waals surface area contributed by atoms with E-state index in [9.17, 15) is 0 Å². The van der Waals surface area contributed by atoms with Crippen LogP contribution in [0.25, 0.3) is 0 Å². The first-order chi connectivity index (χ1) is 8.81. The average molecular weight is 253 g/mol. The van der Waals surface area contributed by atoms with Gasteiger partial charge in [-0.15, -0.1) is 6.58 Å². The van der Waals surface area contributed by atoms with Crippen molar-refractivity contribution in [1.29, 1.82) is 0 Å². The van der Waals surface area contributed by atoms with Crippen LogP contribution in [0.15, 0.2) is 12.7 Å². The van der Waals surface area contributed by atoms with Crippen molar-refractivity contribution in [3.8, 4) is 0 Å². The van der Waals surface area contributed by atoms with E-state index in [2.05, 4.69) is 24.5 Å².